The van der Waals surface area contributed by atoms with Crippen molar-refractivity contribution >= 4 is 11.8 Å². The Morgan fingerprint density at radius 3 is 2.57 bits per heavy atom. The molecule has 1 unspecified atom stereocenters. The first kappa shape index (κ1) is 16.5. The summed E-state index contributed by atoms with van der Waals surface area (Å²) in [6.45, 7) is 8.83. The summed E-state index contributed by atoms with van der Waals surface area (Å²) in [5.74, 6) is 0.586. The molecule has 126 valence electrons. The lowest BCUT2D eigenvalue weighted by atomic mass is 9.44. The first-order valence-corrected chi connectivity index (χ1v) is 8.69. The van der Waals surface area contributed by atoms with Gasteiger partial charge in [-0.05, 0) is 37.0 Å². The summed E-state index contributed by atoms with van der Waals surface area (Å²) in [5, 5.41) is 0. The third-order valence-electron chi connectivity index (χ3n) is 6.88. The van der Waals surface area contributed by atoms with Crippen molar-refractivity contribution < 1.29 is 14.3 Å². The number of carbonyl (C=O) groups is 2. The summed E-state index contributed by atoms with van der Waals surface area (Å²) >= 11 is 0. The molecule has 0 heterocycles. The van der Waals surface area contributed by atoms with Crippen LogP contribution in [0, 0.1) is 22.2 Å². The quantitative estimate of drug-likeness (QED) is 0.537. The fourth-order valence-corrected chi connectivity index (χ4v) is 5.64. The number of hydrogen-bond acceptors (Lipinski definition) is 3. The van der Waals surface area contributed by atoms with Crippen LogP contribution in [0.25, 0.3) is 0 Å². The fraction of sp³-hybridized carbons (Fsp3) is 0.700. The minimum atomic E-state index is -0.249. The van der Waals surface area contributed by atoms with E-state index in [0.717, 1.165) is 24.8 Å². The van der Waals surface area contributed by atoms with E-state index in [-0.39, 0.29) is 22.2 Å². The molecule has 3 rings (SSSR count). The lowest BCUT2D eigenvalue weighted by Gasteiger charge is -2.59. The van der Waals surface area contributed by atoms with E-state index >= 15 is 0 Å². The maximum Gasteiger partial charge on any atom is 0.333 e. The van der Waals surface area contributed by atoms with Crippen LogP contribution in [0.3, 0.4) is 0 Å². The number of esters is 1. The second-order valence-corrected chi connectivity index (χ2v) is 8.55. The Kier molecular flexibility index (Phi) is 3.62. The predicted octanol–water partition coefficient (Wildman–Crippen LogP) is 4.23. The molecule has 0 aromatic heterocycles. The highest BCUT2D eigenvalue weighted by molar-refractivity contribution is 5.89. The number of methoxy groups -OCH3 is 1. The third-order valence-corrected chi connectivity index (χ3v) is 6.88. The molecule has 0 aliphatic heterocycles. The molecule has 0 bridgehead atoms. The number of allylic oxidation sites excluding steroid dienone is 3. The summed E-state index contributed by atoms with van der Waals surface area (Å²) in [6, 6.07) is 0. The Balaban J connectivity index is 2.01. The van der Waals surface area contributed by atoms with Crippen LogP contribution >= 0.6 is 0 Å². The van der Waals surface area contributed by atoms with Gasteiger partial charge in [-0.3, -0.25) is 4.79 Å². The average molecular weight is 316 g/mol. The van der Waals surface area contributed by atoms with E-state index in [4.69, 9.17) is 4.74 Å². The Hall–Kier alpha value is -1.38. The van der Waals surface area contributed by atoms with Gasteiger partial charge in [0.1, 0.15) is 5.78 Å². The van der Waals surface area contributed by atoms with Crippen LogP contribution in [-0.4, -0.2) is 18.9 Å². The van der Waals surface area contributed by atoms with Crippen LogP contribution in [0.4, 0.5) is 0 Å². The molecule has 0 spiro atoms. The van der Waals surface area contributed by atoms with Gasteiger partial charge >= 0.3 is 5.97 Å². The lowest BCUT2D eigenvalue weighted by molar-refractivity contribution is -0.140. The Labute approximate surface area is 139 Å². The zero-order valence-electron chi connectivity index (χ0n) is 15.0. The molecule has 2 saturated carbocycles. The first-order chi connectivity index (χ1) is 10.6. The molecule has 0 radical (unpaired) electrons. The van der Waals surface area contributed by atoms with Gasteiger partial charge in [0.25, 0.3) is 0 Å². The normalized spacial score (nSPS) is 38.8. The Morgan fingerprint density at radius 2 is 1.91 bits per heavy atom. The zero-order chi connectivity index (χ0) is 17.0. The van der Waals surface area contributed by atoms with Gasteiger partial charge in [0.15, 0.2) is 0 Å². The van der Waals surface area contributed by atoms with Gasteiger partial charge in [0.2, 0.25) is 0 Å². The molecule has 0 N–H and O–H groups in total. The largest absolute Gasteiger partial charge is 0.466 e. The molecule has 3 heteroatoms. The van der Waals surface area contributed by atoms with Gasteiger partial charge in [-0.15, -0.1) is 0 Å². The number of rotatable bonds is 1. The Bertz CT molecular complexity index is 625. The minimum Gasteiger partial charge on any atom is -0.466 e. The number of hydrogen-bond donors (Lipinski definition) is 0. The van der Waals surface area contributed by atoms with Crippen LogP contribution in [0.15, 0.2) is 23.3 Å². The first-order valence-electron chi connectivity index (χ1n) is 8.69. The highest BCUT2D eigenvalue weighted by atomic mass is 16.5. The van der Waals surface area contributed by atoms with Crippen LogP contribution < -0.4 is 0 Å². The number of fused-ring (bicyclic) bond motifs is 3. The molecule has 3 aliphatic carbocycles. The number of Topliss-reactive ketones (excluding diaryl/α,β-unsaturated/α-hetero) is 1. The molecule has 3 atom stereocenters. The third kappa shape index (κ3) is 2.23. The van der Waals surface area contributed by atoms with Gasteiger partial charge in [-0.25, -0.2) is 4.79 Å². The van der Waals surface area contributed by atoms with E-state index < -0.39 is 0 Å². The SMILES string of the molecule is COC(=O)C1=CC2(C)CC[C@H]3C(C)(C)C(=O)CC[C@]3(C)C2=CC1. The summed E-state index contributed by atoms with van der Waals surface area (Å²) in [5.41, 5.74) is 1.94. The van der Waals surface area contributed by atoms with E-state index in [9.17, 15) is 9.59 Å². The summed E-state index contributed by atoms with van der Waals surface area (Å²) in [6.07, 6.45) is 8.67. The number of ketones is 1. The molecule has 23 heavy (non-hydrogen) atoms. The van der Waals surface area contributed by atoms with E-state index in [1.165, 1.54) is 12.7 Å². The van der Waals surface area contributed by atoms with Crippen molar-refractivity contribution in [1.29, 1.82) is 0 Å². The van der Waals surface area contributed by atoms with Crippen molar-refractivity contribution in [3.63, 3.8) is 0 Å². The van der Waals surface area contributed by atoms with Crippen LogP contribution in [0.2, 0.25) is 0 Å². The zero-order valence-corrected chi connectivity index (χ0v) is 15.0. The molecule has 0 amide bonds. The molecule has 0 aromatic rings. The molecule has 0 saturated heterocycles. The maximum absolute atomic E-state index is 12.4. The van der Waals surface area contributed by atoms with Gasteiger partial charge in [-0.2, -0.15) is 0 Å². The van der Waals surface area contributed by atoms with Crippen LogP contribution in [-0.2, 0) is 14.3 Å². The monoisotopic (exact) mass is 316 g/mol. The van der Waals surface area contributed by atoms with Gasteiger partial charge in [0, 0.05) is 22.8 Å². The molecule has 2 fully saturated rings. The van der Waals surface area contributed by atoms with Crippen molar-refractivity contribution in [1.82, 2.24) is 0 Å². The van der Waals surface area contributed by atoms with Crippen LogP contribution in [0.5, 0.6) is 0 Å². The molecule has 0 aromatic carbocycles. The molecular weight excluding hydrogens is 288 g/mol. The highest BCUT2D eigenvalue weighted by Crippen LogP contribution is 2.64. The summed E-state index contributed by atoms with van der Waals surface area (Å²) < 4.78 is 4.91. The lowest BCUT2D eigenvalue weighted by Crippen LogP contribution is -2.53. The topological polar surface area (TPSA) is 43.4 Å². The molecule has 3 aliphatic rings. The predicted molar refractivity (Wildman–Crippen MR) is 89.8 cm³/mol. The fourth-order valence-electron chi connectivity index (χ4n) is 5.64. The van der Waals surface area contributed by atoms with Crippen molar-refractivity contribution in [2.24, 2.45) is 22.2 Å². The van der Waals surface area contributed by atoms with E-state index in [2.05, 4.69) is 39.8 Å². The minimum absolute atomic E-state index is 0.0581. The van der Waals surface area contributed by atoms with Gasteiger partial charge < -0.3 is 4.74 Å². The second-order valence-electron chi connectivity index (χ2n) is 8.55. The number of carbonyl (C=O) groups excluding carboxylic acids is 2. The van der Waals surface area contributed by atoms with Gasteiger partial charge in [0.05, 0.1) is 7.11 Å². The summed E-state index contributed by atoms with van der Waals surface area (Å²) in [7, 11) is 1.44. The van der Waals surface area contributed by atoms with Gasteiger partial charge in [-0.1, -0.05) is 45.4 Å². The highest BCUT2D eigenvalue weighted by Gasteiger charge is 2.58. The average Bonchev–Trinajstić information content (AvgIpc) is 2.49. The van der Waals surface area contributed by atoms with Crippen molar-refractivity contribution in [2.75, 3.05) is 7.11 Å². The van der Waals surface area contributed by atoms with E-state index in [1.54, 1.807) is 0 Å². The smallest absolute Gasteiger partial charge is 0.333 e. The molecular formula is C20H28O3. The maximum atomic E-state index is 12.4. The van der Waals surface area contributed by atoms with Crippen molar-refractivity contribution in [3.8, 4) is 0 Å². The van der Waals surface area contributed by atoms with Crippen molar-refractivity contribution in [2.45, 2.75) is 59.8 Å². The second kappa shape index (κ2) is 5.06. The Morgan fingerprint density at radius 1 is 1.22 bits per heavy atom. The van der Waals surface area contributed by atoms with Crippen LogP contribution in [0.1, 0.15) is 59.8 Å². The van der Waals surface area contributed by atoms with E-state index in [1.807, 2.05) is 0 Å². The molecule has 3 nitrogen and oxygen atoms in total. The standard InChI is InChI=1S/C20H28O3/c1-18(2)14-8-10-19(3)12-13(17(22)23-5)6-7-15(19)20(14,4)11-9-16(18)21/h7,12,14H,6,8-11H2,1-5H3/t14-,19?,20-/m0/s1. The van der Waals surface area contributed by atoms with Crippen molar-refractivity contribution in [3.05, 3.63) is 23.3 Å². The number of ether oxygens (including phenoxy) is 1. The summed E-state index contributed by atoms with van der Waals surface area (Å²) in [4.78, 5) is 24.4. The van der Waals surface area contributed by atoms with E-state index in [0.29, 0.717) is 24.5 Å².